The molecular weight excluding hydrogens is 264 g/mol. The second-order valence-corrected chi connectivity index (χ2v) is 5.24. The van der Waals surface area contributed by atoms with Crippen molar-refractivity contribution in [3.8, 4) is 11.5 Å². The molecule has 2 N–H and O–H groups in total. The molecule has 2 aromatic rings. The van der Waals surface area contributed by atoms with Crippen LogP contribution in [0.3, 0.4) is 0 Å². The average molecular weight is 286 g/mol. The predicted molar refractivity (Wildman–Crippen MR) is 87.5 cm³/mol. The van der Waals surface area contributed by atoms with Gasteiger partial charge in [0.2, 0.25) is 0 Å². The van der Waals surface area contributed by atoms with Crippen molar-refractivity contribution in [2.75, 3.05) is 31.4 Å². The van der Waals surface area contributed by atoms with Crippen LogP contribution in [0, 0.1) is 0 Å². The highest BCUT2D eigenvalue weighted by atomic mass is 16.5. The quantitative estimate of drug-likeness (QED) is 0.881. The summed E-state index contributed by atoms with van der Waals surface area (Å²) in [6.07, 6.45) is 0. The zero-order valence-electron chi connectivity index (χ0n) is 12.9. The maximum absolute atomic E-state index is 10.0. The molecule has 0 saturated carbocycles. The summed E-state index contributed by atoms with van der Waals surface area (Å²) in [5.41, 5.74) is 2.95. The van der Waals surface area contributed by atoms with Crippen LogP contribution < -0.4 is 15.0 Å². The Morgan fingerprint density at radius 1 is 1.14 bits per heavy atom. The van der Waals surface area contributed by atoms with Crippen molar-refractivity contribution in [2.45, 2.75) is 13.0 Å². The number of rotatable bonds is 5. The first-order chi connectivity index (χ1) is 10.0. The molecule has 4 nitrogen and oxygen atoms in total. The highest BCUT2D eigenvalue weighted by Crippen LogP contribution is 2.31. The van der Waals surface area contributed by atoms with Crippen LogP contribution in [-0.4, -0.2) is 26.3 Å². The summed E-state index contributed by atoms with van der Waals surface area (Å²) >= 11 is 0. The lowest BCUT2D eigenvalue weighted by atomic mass is 10.1. The summed E-state index contributed by atoms with van der Waals surface area (Å²) in [5, 5.41) is 13.4. The molecule has 0 heterocycles. The van der Waals surface area contributed by atoms with Crippen LogP contribution in [0.25, 0.3) is 0 Å². The maximum Gasteiger partial charge on any atom is 0.121 e. The molecule has 4 heteroatoms. The van der Waals surface area contributed by atoms with E-state index in [0.29, 0.717) is 0 Å². The first-order valence-corrected chi connectivity index (χ1v) is 6.92. The number of hydrogen-bond acceptors (Lipinski definition) is 4. The van der Waals surface area contributed by atoms with Crippen LogP contribution in [0.5, 0.6) is 11.5 Å². The normalized spacial score (nSPS) is 11.8. The number of phenols is 1. The number of aromatic hydroxyl groups is 1. The number of ether oxygens (including phenoxy) is 1. The van der Waals surface area contributed by atoms with E-state index in [9.17, 15) is 5.11 Å². The summed E-state index contributed by atoms with van der Waals surface area (Å²) < 4.78 is 5.22. The largest absolute Gasteiger partial charge is 0.508 e. The number of nitrogens with one attached hydrogen (secondary N) is 1. The number of anilines is 2. The second-order valence-electron chi connectivity index (χ2n) is 5.24. The molecule has 21 heavy (non-hydrogen) atoms. The lowest BCUT2D eigenvalue weighted by Crippen LogP contribution is -2.10. The van der Waals surface area contributed by atoms with Gasteiger partial charge < -0.3 is 20.1 Å². The summed E-state index contributed by atoms with van der Waals surface area (Å²) in [6, 6.07) is 13.4. The fourth-order valence-corrected chi connectivity index (χ4v) is 2.21. The van der Waals surface area contributed by atoms with E-state index in [1.165, 1.54) is 0 Å². The fraction of sp³-hybridized carbons (Fsp3) is 0.294. The number of nitrogens with zero attached hydrogens (tertiary/aromatic N) is 1. The molecule has 1 atom stereocenters. The van der Waals surface area contributed by atoms with Gasteiger partial charge in [-0.25, -0.2) is 0 Å². The molecule has 2 rings (SSSR count). The van der Waals surface area contributed by atoms with Crippen LogP contribution in [0.15, 0.2) is 42.5 Å². The highest BCUT2D eigenvalue weighted by molar-refractivity contribution is 5.58. The van der Waals surface area contributed by atoms with Crippen LogP contribution >= 0.6 is 0 Å². The summed E-state index contributed by atoms with van der Waals surface area (Å²) in [7, 11) is 5.64. The summed E-state index contributed by atoms with van der Waals surface area (Å²) in [4.78, 5) is 2.05. The van der Waals surface area contributed by atoms with Gasteiger partial charge >= 0.3 is 0 Å². The fourth-order valence-electron chi connectivity index (χ4n) is 2.21. The van der Waals surface area contributed by atoms with Crippen molar-refractivity contribution in [1.29, 1.82) is 0 Å². The monoisotopic (exact) mass is 286 g/mol. The molecule has 0 amide bonds. The maximum atomic E-state index is 10.0. The lowest BCUT2D eigenvalue weighted by molar-refractivity contribution is 0.410. The Labute approximate surface area is 126 Å². The minimum atomic E-state index is -0.0301. The van der Waals surface area contributed by atoms with E-state index < -0.39 is 0 Å². The van der Waals surface area contributed by atoms with Gasteiger partial charge in [0.15, 0.2) is 0 Å². The third-order valence-electron chi connectivity index (χ3n) is 3.45. The van der Waals surface area contributed by atoms with E-state index in [2.05, 4.69) is 22.3 Å². The van der Waals surface area contributed by atoms with Crippen molar-refractivity contribution in [3.63, 3.8) is 0 Å². The van der Waals surface area contributed by atoms with Gasteiger partial charge in [-0.3, -0.25) is 0 Å². The standard InChI is InChI=1S/C17H22N2O2/c1-12(16-11-15(21-4)8-9-17(16)20)18-13-6-5-7-14(10-13)19(2)3/h5-12,18,20H,1-4H3. The molecular formula is C17H22N2O2. The Bertz CT molecular complexity index is 611. The van der Waals surface area contributed by atoms with Crippen molar-refractivity contribution in [2.24, 2.45) is 0 Å². The average Bonchev–Trinajstić information content (AvgIpc) is 2.48. The number of phenolic OH excluding ortho intramolecular Hbond substituents is 1. The SMILES string of the molecule is COc1ccc(O)c(C(C)Nc2cccc(N(C)C)c2)c1. The minimum Gasteiger partial charge on any atom is -0.508 e. The zero-order chi connectivity index (χ0) is 15.4. The van der Waals surface area contributed by atoms with Crippen LogP contribution in [-0.2, 0) is 0 Å². The van der Waals surface area contributed by atoms with Crippen LogP contribution in [0.4, 0.5) is 11.4 Å². The first kappa shape index (κ1) is 15.0. The predicted octanol–water partition coefficient (Wildman–Crippen LogP) is 3.64. The Morgan fingerprint density at radius 2 is 1.90 bits per heavy atom. The smallest absolute Gasteiger partial charge is 0.121 e. The van der Waals surface area contributed by atoms with Crippen molar-refractivity contribution in [3.05, 3.63) is 48.0 Å². The second kappa shape index (κ2) is 6.39. The van der Waals surface area contributed by atoms with Gasteiger partial charge in [0.1, 0.15) is 11.5 Å². The molecule has 1 unspecified atom stereocenters. The van der Waals surface area contributed by atoms with E-state index in [1.807, 2.05) is 39.2 Å². The molecule has 0 aliphatic carbocycles. The van der Waals surface area contributed by atoms with E-state index in [0.717, 1.165) is 22.7 Å². The van der Waals surface area contributed by atoms with Gasteiger partial charge in [-0.15, -0.1) is 0 Å². The highest BCUT2D eigenvalue weighted by Gasteiger charge is 2.12. The molecule has 112 valence electrons. The molecule has 0 spiro atoms. The Kier molecular flexibility index (Phi) is 4.58. The van der Waals surface area contributed by atoms with E-state index in [4.69, 9.17) is 4.74 Å². The van der Waals surface area contributed by atoms with Gasteiger partial charge in [0.25, 0.3) is 0 Å². The van der Waals surface area contributed by atoms with Crippen LogP contribution in [0.1, 0.15) is 18.5 Å². The van der Waals surface area contributed by atoms with Crippen molar-refractivity contribution < 1.29 is 9.84 Å². The minimum absolute atomic E-state index is 0.0301. The molecule has 0 radical (unpaired) electrons. The number of hydrogen-bond donors (Lipinski definition) is 2. The molecule has 0 bridgehead atoms. The topological polar surface area (TPSA) is 44.7 Å². The summed E-state index contributed by atoms with van der Waals surface area (Å²) in [5.74, 6) is 0.998. The molecule has 0 fully saturated rings. The molecule has 0 saturated heterocycles. The van der Waals surface area contributed by atoms with E-state index >= 15 is 0 Å². The van der Waals surface area contributed by atoms with E-state index in [1.54, 1.807) is 19.2 Å². The van der Waals surface area contributed by atoms with Gasteiger partial charge in [-0.2, -0.15) is 0 Å². The van der Waals surface area contributed by atoms with Gasteiger partial charge in [0, 0.05) is 31.0 Å². The van der Waals surface area contributed by atoms with Gasteiger partial charge in [-0.05, 0) is 43.3 Å². The summed E-state index contributed by atoms with van der Waals surface area (Å²) in [6.45, 7) is 2.01. The Morgan fingerprint density at radius 3 is 2.57 bits per heavy atom. The molecule has 0 aliphatic heterocycles. The third-order valence-corrected chi connectivity index (χ3v) is 3.45. The Balaban J connectivity index is 2.21. The van der Waals surface area contributed by atoms with Gasteiger partial charge in [-0.1, -0.05) is 6.07 Å². The zero-order valence-corrected chi connectivity index (χ0v) is 12.9. The van der Waals surface area contributed by atoms with Crippen molar-refractivity contribution >= 4 is 11.4 Å². The lowest BCUT2D eigenvalue weighted by Gasteiger charge is -2.19. The Hall–Kier alpha value is -2.36. The molecule has 2 aromatic carbocycles. The van der Waals surface area contributed by atoms with Crippen molar-refractivity contribution in [1.82, 2.24) is 0 Å². The molecule has 0 aliphatic rings. The van der Waals surface area contributed by atoms with Gasteiger partial charge in [0.05, 0.1) is 13.2 Å². The molecule has 0 aromatic heterocycles. The third kappa shape index (κ3) is 3.60. The first-order valence-electron chi connectivity index (χ1n) is 6.92. The number of methoxy groups -OCH3 is 1. The van der Waals surface area contributed by atoms with E-state index in [-0.39, 0.29) is 11.8 Å². The van der Waals surface area contributed by atoms with Crippen LogP contribution in [0.2, 0.25) is 0 Å². The number of benzene rings is 2.